The van der Waals surface area contributed by atoms with E-state index in [-0.39, 0.29) is 5.75 Å². The summed E-state index contributed by atoms with van der Waals surface area (Å²) >= 11 is 0. The number of hydrogen-bond acceptors (Lipinski definition) is 5. The maximum absolute atomic E-state index is 10.0. The van der Waals surface area contributed by atoms with Crippen molar-refractivity contribution < 1.29 is 19.2 Å². The van der Waals surface area contributed by atoms with Crippen LogP contribution in [0.5, 0.6) is 11.5 Å². The van der Waals surface area contributed by atoms with Gasteiger partial charge in [-0.2, -0.15) is 0 Å². The van der Waals surface area contributed by atoms with Crippen molar-refractivity contribution in [1.29, 1.82) is 0 Å². The quantitative estimate of drug-likeness (QED) is 0.828. The molecule has 0 amide bonds. The Labute approximate surface area is 120 Å². The minimum atomic E-state index is -0.598. The molecule has 1 aromatic carbocycles. The highest BCUT2D eigenvalue weighted by Gasteiger charge is 2.53. The van der Waals surface area contributed by atoms with Gasteiger partial charge in [-0.3, -0.25) is 0 Å². The number of aromatic hydroxyl groups is 1. The van der Waals surface area contributed by atoms with E-state index in [0.717, 1.165) is 0 Å². The SMILES string of the molecule is COc1ccc([C@H](N)B2OC(C)(C)C(C)(C)O2)c(O)c1. The number of hydrogen-bond donors (Lipinski definition) is 2. The van der Waals surface area contributed by atoms with Crippen LogP contribution in [-0.4, -0.2) is 30.5 Å². The van der Waals surface area contributed by atoms with Gasteiger partial charge in [-0.1, -0.05) is 6.07 Å². The highest BCUT2D eigenvalue weighted by atomic mass is 16.7. The van der Waals surface area contributed by atoms with Gasteiger partial charge in [0.05, 0.1) is 24.3 Å². The molecule has 5 nitrogen and oxygen atoms in total. The summed E-state index contributed by atoms with van der Waals surface area (Å²) in [5.74, 6) is 0.0842. The Kier molecular flexibility index (Phi) is 3.75. The van der Waals surface area contributed by atoms with Crippen molar-refractivity contribution in [3.63, 3.8) is 0 Å². The molecule has 1 fully saturated rings. The molecule has 3 N–H and O–H groups in total. The molecule has 6 heteroatoms. The van der Waals surface area contributed by atoms with Gasteiger partial charge >= 0.3 is 7.12 Å². The van der Waals surface area contributed by atoms with E-state index in [4.69, 9.17) is 19.8 Å². The van der Waals surface area contributed by atoms with Crippen LogP contribution in [0.4, 0.5) is 0 Å². The van der Waals surface area contributed by atoms with E-state index in [9.17, 15) is 5.11 Å². The molecular formula is C14H22BNO4. The van der Waals surface area contributed by atoms with Crippen LogP contribution < -0.4 is 10.5 Å². The number of ether oxygens (including phenoxy) is 1. The molecule has 0 saturated carbocycles. The normalized spacial score (nSPS) is 21.8. The Hall–Kier alpha value is -1.24. The lowest BCUT2D eigenvalue weighted by Crippen LogP contribution is -2.41. The average Bonchev–Trinajstić information content (AvgIpc) is 2.57. The fraction of sp³-hybridized carbons (Fsp3) is 0.571. The molecule has 2 rings (SSSR count). The minimum absolute atomic E-state index is 0.0755. The maximum atomic E-state index is 10.0. The number of phenols is 1. The standard InChI is InChI=1S/C14H22BNO4/c1-13(2)14(3,4)20-15(19-13)12(16)10-7-6-9(18-5)8-11(10)17/h6-8,12,17H,16H2,1-5H3/t12-/m0/s1. The Morgan fingerprint density at radius 1 is 1.20 bits per heavy atom. The number of methoxy groups -OCH3 is 1. The molecule has 1 heterocycles. The molecule has 0 unspecified atom stereocenters. The van der Waals surface area contributed by atoms with Crippen molar-refractivity contribution in [2.24, 2.45) is 5.73 Å². The van der Waals surface area contributed by atoms with E-state index in [1.54, 1.807) is 19.2 Å². The lowest BCUT2D eigenvalue weighted by molar-refractivity contribution is 0.00578. The Morgan fingerprint density at radius 2 is 1.75 bits per heavy atom. The fourth-order valence-electron chi connectivity index (χ4n) is 2.11. The first kappa shape index (κ1) is 15.2. The topological polar surface area (TPSA) is 73.9 Å². The molecule has 1 aliphatic heterocycles. The number of nitrogens with two attached hydrogens (primary N) is 1. The second kappa shape index (κ2) is 4.95. The molecule has 1 aliphatic rings. The van der Waals surface area contributed by atoms with Crippen LogP contribution in [0.3, 0.4) is 0 Å². The Bertz CT molecular complexity index is 488. The van der Waals surface area contributed by atoms with Crippen molar-refractivity contribution in [2.75, 3.05) is 7.11 Å². The third-order valence-electron chi connectivity index (χ3n) is 4.16. The fourth-order valence-corrected chi connectivity index (χ4v) is 2.11. The number of phenolic OH excluding ortho intramolecular Hbond substituents is 1. The van der Waals surface area contributed by atoms with E-state index < -0.39 is 24.3 Å². The van der Waals surface area contributed by atoms with Crippen LogP contribution in [0, 0.1) is 0 Å². The summed E-state index contributed by atoms with van der Waals surface area (Å²) in [6, 6.07) is 5.00. The second-order valence-electron chi connectivity index (χ2n) is 6.08. The van der Waals surface area contributed by atoms with Gasteiger partial charge in [0.2, 0.25) is 0 Å². The molecule has 20 heavy (non-hydrogen) atoms. The van der Waals surface area contributed by atoms with Crippen molar-refractivity contribution in [1.82, 2.24) is 0 Å². The summed E-state index contributed by atoms with van der Waals surface area (Å²) in [6.45, 7) is 7.86. The third kappa shape index (κ3) is 2.51. The van der Waals surface area contributed by atoms with Crippen molar-refractivity contribution >= 4 is 7.12 Å². The first-order valence-electron chi connectivity index (χ1n) is 6.66. The molecule has 110 valence electrons. The monoisotopic (exact) mass is 279 g/mol. The van der Waals surface area contributed by atoms with Crippen LogP contribution in [0.1, 0.15) is 39.2 Å². The summed E-state index contributed by atoms with van der Waals surface area (Å²) in [5, 5.41) is 10.0. The zero-order valence-corrected chi connectivity index (χ0v) is 12.6. The van der Waals surface area contributed by atoms with Gasteiger partial charge in [-0.05, 0) is 33.8 Å². The number of benzene rings is 1. The zero-order valence-electron chi connectivity index (χ0n) is 12.6. The van der Waals surface area contributed by atoms with E-state index in [2.05, 4.69) is 0 Å². The summed E-state index contributed by atoms with van der Waals surface area (Å²) in [5.41, 5.74) is 5.86. The maximum Gasteiger partial charge on any atom is 0.480 e. The summed E-state index contributed by atoms with van der Waals surface area (Å²) in [4.78, 5) is 0. The predicted octanol–water partition coefficient (Wildman–Crippen LogP) is 2.03. The molecule has 0 bridgehead atoms. The van der Waals surface area contributed by atoms with Gasteiger partial charge in [0, 0.05) is 11.6 Å². The van der Waals surface area contributed by atoms with Crippen LogP contribution >= 0.6 is 0 Å². The summed E-state index contributed by atoms with van der Waals surface area (Å²) in [7, 11) is 0.946. The third-order valence-corrected chi connectivity index (χ3v) is 4.16. The molecular weight excluding hydrogens is 257 g/mol. The van der Waals surface area contributed by atoms with Gasteiger partial charge in [-0.25, -0.2) is 0 Å². The molecule has 0 spiro atoms. The molecule has 1 saturated heterocycles. The van der Waals surface area contributed by atoms with Gasteiger partial charge < -0.3 is 24.9 Å². The largest absolute Gasteiger partial charge is 0.507 e. The van der Waals surface area contributed by atoms with Crippen LogP contribution in [0.25, 0.3) is 0 Å². The first-order valence-corrected chi connectivity index (χ1v) is 6.66. The molecule has 1 atom stereocenters. The first-order chi connectivity index (χ1) is 9.18. The molecule has 0 aliphatic carbocycles. The van der Waals surface area contributed by atoms with Gasteiger partial charge in [-0.15, -0.1) is 0 Å². The highest BCUT2D eigenvalue weighted by molar-refractivity contribution is 6.47. The Morgan fingerprint density at radius 3 is 2.20 bits per heavy atom. The lowest BCUT2D eigenvalue weighted by Gasteiger charge is -2.32. The van der Waals surface area contributed by atoms with E-state index in [1.807, 2.05) is 27.7 Å². The van der Waals surface area contributed by atoms with E-state index in [0.29, 0.717) is 11.3 Å². The predicted molar refractivity (Wildman–Crippen MR) is 77.7 cm³/mol. The van der Waals surface area contributed by atoms with Crippen LogP contribution in [-0.2, 0) is 9.31 Å². The van der Waals surface area contributed by atoms with Gasteiger partial charge in [0.15, 0.2) is 0 Å². The molecule has 0 aromatic heterocycles. The van der Waals surface area contributed by atoms with Crippen molar-refractivity contribution in [3.05, 3.63) is 23.8 Å². The summed E-state index contributed by atoms with van der Waals surface area (Å²) in [6.07, 6.45) is 0. The second-order valence-corrected chi connectivity index (χ2v) is 6.08. The van der Waals surface area contributed by atoms with Crippen molar-refractivity contribution in [2.45, 2.75) is 44.8 Å². The lowest BCUT2D eigenvalue weighted by atomic mass is 9.74. The highest BCUT2D eigenvalue weighted by Crippen LogP contribution is 2.40. The van der Waals surface area contributed by atoms with Gasteiger partial charge in [0.1, 0.15) is 11.5 Å². The van der Waals surface area contributed by atoms with Crippen molar-refractivity contribution in [3.8, 4) is 11.5 Å². The number of rotatable bonds is 3. The molecule has 0 radical (unpaired) electrons. The zero-order chi connectivity index (χ0) is 15.1. The Balaban J connectivity index is 2.23. The average molecular weight is 279 g/mol. The van der Waals surface area contributed by atoms with Crippen LogP contribution in [0.15, 0.2) is 18.2 Å². The van der Waals surface area contributed by atoms with E-state index >= 15 is 0 Å². The smallest absolute Gasteiger partial charge is 0.480 e. The van der Waals surface area contributed by atoms with Crippen LogP contribution in [0.2, 0.25) is 0 Å². The minimum Gasteiger partial charge on any atom is -0.507 e. The molecule has 1 aromatic rings. The van der Waals surface area contributed by atoms with Gasteiger partial charge in [0.25, 0.3) is 0 Å². The summed E-state index contributed by atoms with van der Waals surface area (Å²) < 4.78 is 16.9. The van der Waals surface area contributed by atoms with E-state index in [1.165, 1.54) is 6.07 Å².